The minimum atomic E-state index is -1.01. The number of nitrogens with zero attached hydrogens (tertiary/aromatic N) is 8. The maximum absolute atomic E-state index is 13.2. The van der Waals surface area contributed by atoms with E-state index in [1.54, 1.807) is 23.9 Å². The fourth-order valence-corrected chi connectivity index (χ4v) is 5.11. The highest BCUT2D eigenvalue weighted by molar-refractivity contribution is 5.77. The zero-order valence-electron chi connectivity index (χ0n) is 21.1. The van der Waals surface area contributed by atoms with Crippen LogP contribution in [0.25, 0.3) is 16.9 Å². The van der Waals surface area contributed by atoms with Crippen LogP contribution in [0.3, 0.4) is 0 Å². The van der Waals surface area contributed by atoms with Gasteiger partial charge in [0.25, 0.3) is 5.56 Å². The molecule has 0 amide bonds. The molecule has 3 aromatic heterocycles. The first kappa shape index (κ1) is 23.4. The van der Waals surface area contributed by atoms with Gasteiger partial charge in [-0.2, -0.15) is 4.98 Å². The van der Waals surface area contributed by atoms with E-state index in [0.29, 0.717) is 41.6 Å². The van der Waals surface area contributed by atoms with Crippen molar-refractivity contribution in [2.24, 2.45) is 0 Å². The third kappa shape index (κ3) is 4.09. The van der Waals surface area contributed by atoms with Gasteiger partial charge in [0.05, 0.1) is 12.7 Å². The lowest BCUT2D eigenvalue weighted by Crippen LogP contribution is -2.44. The molecular weight excluding hydrogens is 470 g/mol. The van der Waals surface area contributed by atoms with Crippen LogP contribution < -0.4 is 15.8 Å². The molecule has 5 heterocycles. The first-order valence-electron chi connectivity index (χ1n) is 12.5. The monoisotopic (exact) mass is 501 g/mol. The lowest BCUT2D eigenvalue weighted by atomic mass is 10.1. The summed E-state index contributed by atoms with van der Waals surface area (Å²) in [6.45, 7) is 10.6. The van der Waals surface area contributed by atoms with Crippen LogP contribution in [0.4, 0.5) is 17.3 Å². The summed E-state index contributed by atoms with van der Waals surface area (Å²) >= 11 is 0. The van der Waals surface area contributed by atoms with Crippen LogP contribution in [0.1, 0.15) is 19.2 Å². The molecule has 1 fully saturated rings. The van der Waals surface area contributed by atoms with Crippen molar-refractivity contribution in [3.63, 3.8) is 0 Å². The van der Waals surface area contributed by atoms with Gasteiger partial charge in [-0.1, -0.05) is 6.08 Å². The normalized spacial score (nSPS) is 19.9. The van der Waals surface area contributed by atoms with Gasteiger partial charge in [0.1, 0.15) is 16.8 Å². The summed E-state index contributed by atoms with van der Waals surface area (Å²) in [5.41, 5.74) is 1.25. The van der Waals surface area contributed by atoms with Crippen LogP contribution in [0.15, 0.2) is 54.1 Å². The minimum absolute atomic E-state index is 0.224. The molecule has 11 nitrogen and oxygen atoms in total. The Balaban J connectivity index is 1.34. The Hall–Kier alpha value is -3.96. The van der Waals surface area contributed by atoms with E-state index in [4.69, 9.17) is 4.98 Å². The third-order valence-electron chi connectivity index (χ3n) is 7.27. The van der Waals surface area contributed by atoms with Crippen molar-refractivity contribution in [1.82, 2.24) is 33.8 Å². The Morgan fingerprint density at radius 2 is 1.89 bits per heavy atom. The molecule has 0 radical (unpaired) electrons. The molecule has 0 saturated carbocycles. The summed E-state index contributed by atoms with van der Waals surface area (Å²) < 4.78 is 5.14. The van der Waals surface area contributed by atoms with Crippen molar-refractivity contribution in [1.29, 1.82) is 0 Å². The Bertz CT molecular complexity index is 1520. The Morgan fingerprint density at radius 1 is 1.14 bits per heavy atom. The molecule has 0 bridgehead atoms. The number of allylic oxidation sites excluding steroid dienone is 1. The van der Waals surface area contributed by atoms with E-state index in [9.17, 15) is 9.90 Å². The number of hydrogen-bond acceptors (Lipinski definition) is 8. The van der Waals surface area contributed by atoms with E-state index in [2.05, 4.69) is 50.8 Å². The molecule has 1 saturated heterocycles. The van der Waals surface area contributed by atoms with Crippen molar-refractivity contribution >= 4 is 28.4 Å². The number of aromatic nitrogens is 6. The third-order valence-corrected chi connectivity index (χ3v) is 7.27. The highest BCUT2D eigenvalue weighted by Crippen LogP contribution is 2.32. The molecule has 1 atom stereocenters. The summed E-state index contributed by atoms with van der Waals surface area (Å²) in [5, 5.41) is 14.4. The maximum Gasteiger partial charge on any atom is 0.278 e. The lowest BCUT2D eigenvalue weighted by Gasteiger charge is -2.34. The second-order valence-corrected chi connectivity index (χ2v) is 10.0. The molecule has 11 heteroatoms. The van der Waals surface area contributed by atoms with E-state index >= 15 is 0 Å². The van der Waals surface area contributed by atoms with Crippen LogP contribution >= 0.6 is 0 Å². The molecule has 6 rings (SSSR count). The topological polar surface area (TPSA) is 109 Å². The molecular formula is C26H31N9O2. The van der Waals surface area contributed by atoms with Gasteiger partial charge in [0.15, 0.2) is 11.5 Å². The van der Waals surface area contributed by atoms with E-state index in [0.717, 1.165) is 31.9 Å². The summed E-state index contributed by atoms with van der Waals surface area (Å²) in [7, 11) is 2.15. The van der Waals surface area contributed by atoms with E-state index < -0.39 is 5.60 Å². The molecule has 0 aliphatic carbocycles. The molecule has 1 unspecified atom stereocenters. The lowest BCUT2D eigenvalue weighted by molar-refractivity contribution is 0.0551. The number of imidazole rings is 1. The Morgan fingerprint density at radius 3 is 2.59 bits per heavy atom. The Labute approximate surface area is 214 Å². The highest BCUT2D eigenvalue weighted by Gasteiger charge is 2.35. The molecule has 2 aliphatic rings. The van der Waals surface area contributed by atoms with Gasteiger partial charge in [-0.05, 0) is 38.2 Å². The fourth-order valence-electron chi connectivity index (χ4n) is 5.11. The molecule has 2 N–H and O–H groups in total. The number of piperazine rings is 1. The SMILES string of the molecule is C=CCn1c(=O)c2cnc(Nc3ccc(N4CCN(C)CC4)cc3)nc2n1-c1cn2c(n1)C(C)(O)CC2. The van der Waals surface area contributed by atoms with Crippen LogP contribution in [0.2, 0.25) is 0 Å². The number of aliphatic hydroxyl groups is 1. The number of hydrogen-bond donors (Lipinski definition) is 2. The van der Waals surface area contributed by atoms with Crippen LogP contribution in [-0.2, 0) is 18.7 Å². The number of fused-ring (bicyclic) bond motifs is 2. The van der Waals surface area contributed by atoms with Crippen LogP contribution in [-0.4, -0.2) is 72.1 Å². The van der Waals surface area contributed by atoms with Crippen molar-refractivity contribution in [2.45, 2.75) is 32.0 Å². The van der Waals surface area contributed by atoms with E-state index in [1.165, 1.54) is 10.4 Å². The summed E-state index contributed by atoms with van der Waals surface area (Å²) in [5.74, 6) is 1.47. The van der Waals surface area contributed by atoms with Gasteiger partial charge in [-0.3, -0.25) is 4.79 Å². The van der Waals surface area contributed by atoms with Crippen LogP contribution in [0.5, 0.6) is 0 Å². The minimum Gasteiger partial charge on any atom is -0.382 e. The van der Waals surface area contributed by atoms with Crippen molar-refractivity contribution in [2.75, 3.05) is 43.4 Å². The number of benzene rings is 1. The molecule has 37 heavy (non-hydrogen) atoms. The van der Waals surface area contributed by atoms with Gasteiger partial charge < -0.3 is 24.8 Å². The average molecular weight is 502 g/mol. The van der Waals surface area contributed by atoms with Crippen molar-refractivity contribution < 1.29 is 5.11 Å². The van der Waals surface area contributed by atoms with Gasteiger partial charge >= 0.3 is 0 Å². The molecule has 4 aromatic rings. The largest absolute Gasteiger partial charge is 0.382 e. The van der Waals surface area contributed by atoms with Gasteiger partial charge in [0.2, 0.25) is 5.95 Å². The second kappa shape index (κ2) is 8.86. The standard InChI is InChI=1S/C26H31N9O2/c1-4-10-34-23(36)20-16-27-25(28-18-5-7-19(8-6-18)32-14-12-31(3)13-15-32)30-22(20)35(34)21-17-33-11-9-26(2,37)24(33)29-21/h4-8,16-17,37H,1,9-15H2,2-3H3,(H,27,28,30). The highest BCUT2D eigenvalue weighted by atomic mass is 16.3. The smallest absolute Gasteiger partial charge is 0.278 e. The molecule has 1 aromatic carbocycles. The summed E-state index contributed by atoms with van der Waals surface area (Å²) in [4.78, 5) is 31.7. The van der Waals surface area contributed by atoms with Crippen molar-refractivity contribution in [3.05, 3.63) is 65.5 Å². The predicted molar refractivity (Wildman–Crippen MR) is 143 cm³/mol. The number of anilines is 3. The average Bonchev–Trinajstić information content (AvgIpc) is 3.52. The maximum atomic E-state index is 13.2. The van der Waals surface area contributed by atoms with Gasteiger partial charge in [0, 0.05) is 56.7 Å². The first-order chi connectivity index (χ1) is 17.8. The number of likely N-dealkylation sites (N-methyl/N-ethyl adjacent to an activating group) is 1. The molecule has 2 aliphatic heterocycles. The number of nitrogens with one attached hydrogen (secondary N) is 1. The fraction of sp³-hybridized carbons (Fsp3) is 0.385. The second-order valence-electron chi connectivity index (χ2n) is 10.0. The quantitative estimate of drug-likeness (QED) is 0.387. The zero-order valence-corrected chi connectivity index (χ0v) is 21.1. The number of aryl methyl sites for hydroxylation is 1. The van der Waals surface area contributed by atoms with Gasteiger partial charge in [-0.15, -0.1) is 6.58 Å². The molecule has 0 spiro atoms. The van der Waals surface area contributed by atoms with Gasteiger partial charge in [-0.25, -0.2) is 19.3 Å². The molecule has 192 valence electrons. The summed E-state index contributed by atoms with van der Waals surface area (Å²) in [6, 6.07) is 8.22. The number of rotatable bonds is 6. The predicted octanol–water partition coefficient (Wildman–Crippen LogP) is 2.07. The first-order valence-corrected chi connectivity index (χ1v) is 12.5. The Kier molecular flexibility index (Phi) is 5.61. The van der Waals surface area contributed by atoms with Crippen LogP contribution in [0, 0.1) is 0 Å². The van der Waals surface area contributed by atoms with E-state index in [1.807, 2.05) is 22.9 Å². The summed E-state index contributed by atoms with van der Waals surface area (Å²) in [6.07, 6.45) is 5.65. The van der Waals surface area contributed by atoms with E-state index in [-0.39, 0.29) is 12.1 Å². The van der Waals surface area contributed by atoms with Crippen molar-refractivity contribution in [3.8, 4) is 5.82 Å². The zero-order chi connectivity index (χ0) is 25.7.